The van der Waals surface area contributed by atoms with E-state index in [-0.39, 0.29) is 0 Å². The van der Waals surface area contributed by atoms with Crippen LogP contribution in [-0.2, 0) is 6.42 Å². The van der Waals surface area contributed by atoms with Gasteiger partial charge in [-0.2, -0.15) is 4.58 Å². The van der Waals surface area contributed by atoms with Crippen molar-refractivity contribution in [3.63, 3.8) is 0 Å². The van der Waals surface area contributed by atoms with Crippen molar-refractivity contribution in [1.82, 2.24) is 4.48 Å². The molecule has 0 saturated heterocycles. The Kier molecular flexibility index (Phi) is 5.53. The molecule has 1 aromatic rings. The number of allylic oxidation sites excluding steroid dienone is 5. The third-order valence-corrected chi connectivity index (χ3v) is 4.02. The fraction of sp³-hybridized carbons (Fsp3) is 0.278. The summed E-state index contributed by atoms with van der Waals surface area (Å²) < 4.78 is 29.9. The van der Waals surface area contributed by atoms with E-state index < -0.39 is 7.40 Å². The Morgan fingerprint density at radius 1 is 1.35 bits per heavy atom. The van der Waals surface area contributed by atoms with E-state index in [9.17, 15) is 8.63 Å². The summed E-state index contributed by atoms with van der Waals surface area (Å²) in [5.41, 5.74) is 4.10. The van der Waals surface area contributed by atoms with Crippen molar-refractivity contribution in [3.8, 4) is 0 Å². The molecule has 0 spiro atoms. The smallest absolute Gasteiger partial charge is 0.329 e. The normalized spacial score (nSPS) is 16.6. The molecule has 0 unspecified atom stereocenters. The zero-order chi connectivity index (χ0) is 17.0. The second kappa shape index (κ2) is 7.40. The van der Waals surface area contributed by atoms with Gasteiger partial charge in [0.2, 0.25) is 11.4 Å². The maximum Gasteiger partial charge on any atom is 0.677 e. The molecule has 0 N–H and O–H groups in total. The van der Waals surface area contributed by atoms with E-state index in [0.717, 1.165) is 27.9 Å². The molecule has 23 heavy (non-hydrogen) atoms. The van der Waals surface area contributed by atoms with Crippen LogP contribution >= 0.6 is 0 Å². The van der Waals surface area contributed by atoms with Gasteiger partial charge in [0, 0.05) is 35.2 Å². The molecule has 1 aliphatic heterocycles. The summed E-state index contributed by atoms with van der Waals surface area (Å²) in [7, 11) is -0.603. The van der Waals surface area contributed by atoms with Crippen molar-refractivity contribution in [2.75, 3.05) is 7.05 Å². The van der Waals surface area contributed by atoms with Crippen molar-refractivity contribution in [2.45, 2.75) is 26.7 Å². The van der Waals surface area contributed by atoms with Gasteiger partial charge in [-0.25, -0.2) is 0 Å². The summed E-state index contributed by atoms with van der Waals surface area (Å²) in [6.07, 6.45) is 11.0. The minimum Gasteiger partial charge on any atom is -0.329 e. The summed E-state index contributed by atoms with van der Waals surface area (Å²) in [6.45, 7) is 7.75. The Morgan fingerprint density at radius 3 is 2.65 bits per heavy atom. The fourth-order valence-electron chi connectivity index (χ4n) is 2.81. The summed E-state index contributed by atoms with van der Waals surface area (Å²) in [6, 6.07) is 3.54. The Morgan fingerprint density at radius 2 is 2.09 bits per heavy atom. The predicted molar refractivity (Wildman–Crippen MR) is 94.1 cm³/mol. The molecule has 2 nitrogen and oxygen atoms in total. The summed E-state index contributed by atoms with van der Waals surface area (Å²) in [4.78, 5) is 0. The number of nitrogens with zero attached hydrogens (tertiary/aromatic N) is 2. The van der Waals surface area contributed by atoms with E-state index in [1.165, 1.54) is 0 Å². The Bertz CT molecular complexity index is 721. The molecular weight excluding hydrogens is 293 g/mol. The maximum atomic E-state index is 13.4. The van der Waals surface area contributed by atoms with Crippen molar-refractivity contribution in [3.05, 3.63) is 65.7 Å². The van der Waals surface area contributed by atoms with Gasteiger partial charge in [-0.1, -0.05) is 32.1 Å². The molecule has 2 heterocycles. The lowest BCUT2D eigenvalue weighted by molar-refractivity contribution is -0.432. The highest BCUT2D eigenvalue weighted by Crippen LogP contribution is 2.20. The van der Waals surface area contributed by atoms with Gasteiger partial charge >= 0.3 is 7.40 Å². The minimum absolute atomic E-state index is 0.525. The van der Waals surface area contributed by atoms with Crippen LogP contribution in [0.2, 0.25) is 0 Å². The minimum atomic E-state index is -2.53. The zero-order valence-corrected chi connectivity index (χ0v) is 13.9. The molecule has 5 heteroatoms. The van der Waals surface area contributed by atoms with Gasteiger partial charge in [0.25, 0.3) is 0 Å². The second-order valence-electron chi connectivity index (χ2n) is 5.44. The van der Waals surface area contributed by atoms with Gasteiger partial charge in [0.1, 0.15) is 7.05 Å². The number of aryl methyl sites for hydroxylation is 1. The molecule has 0 aliphatic carbocycles. The highest BCUT2D eigenvalue weighted by atomic mass is 19.2. The SMILES string of the molecule is C=C/C(=C\C)C1=[N+](C)C(=Cc2ccc(CCC)n2B(F)F)C=C1. The zero-order valence-electron chi connectivity index (χ0n) is 13.9. The number of rotatable bonds is 6. The van der Waals surface area contributed by atoms with E-state index in [0.29, 0.717) is 17.8 Å². The molecule has 2 rings (SSSR count). The largest absolute Gasteiger partial charge is 0.677 e. The molecular formula is C18H22BF2N2+. The first-order valence-electron chi connectivity index (χ1n) is 7.81. The van der Waals surface area contributed by atoms with Crippen molar-refractivity contribution in [2.24, 2.45) is 0 Å². The molecule has 0 atom stereocenters. The van der Waals surface area contributed by atoms with E-state index in [4.69, 9.17) is 0 Å². The Balaban J connectivity index is 2.45. The van der Waals surface area contributed by atoms with E-state index in [1.807, 2.05) is 43.7 Å². The van der Waals surface area contributed by atoms with Gasteiger partial charge in [0.05, 0.1) is 0 Å². The summed E-state index contributed by atoms with van der Waals surface area (Å²) >= 11 is 0. The van der Waals surface area contributed by atoms with Crippen LogP contribution < -0.4 is 0 Å². The number of hydrogen-bond donors (Lipinski definition) is 0. The van der Waals surface area contributed by atoms with Crippen LogP contribution in [0.4, 0.5) is 8.63 Å². The third kappa shape index (κ3) is 3.44. The monoisotopic (exact) mass is 315 g/mol. The van der Waals surface area contributed by atoms with E-state index >= 15 is 0 Å². The van der Waals surface area contributed by atoms with Crippen molar-refractivity contribution < 1.29 is 13.2 Å². The van der Waals surface area contributed by atoms with Gasteiger partial charge in [-0.05, 0) is 25.5 Å². The topological polar surface area (TPSA) is 7.94 Å². The van der Waals surface area contributed by atoms with Crippen LogP contribution in [0.5, 0.6) is 0 Å². The first-order valence-corrected chi connectivity index (χ1v) is 7.81. The van der Waals surface area contributed by atoms with Crippen molar-refractivity contribution >= 4 is 19.2 Å². The van der Waals surface area contributed by atoms with Crippen LogP contribution in [0, 0.1) is 0 Å². The number of likely N-dealkylation sites (N-methyl/N-ethyl adjacent to an activating group) is 1. The van der Waals surface area contributed by atoms with Gasteiger partial charge < -0.3 is 4.48 Å². The average molecular weight is 315 g/mol. The lowest BCUT2D eigenvalue weighted by atomic mass is 10.1. The standard InChI is InChI=1S/C18H22BF2N2/c1-5-8-15-9-10-17(23(15)19(20)21)13-16-11-12-18(22(16)4)14(6-2)7-3/h6-7,9-13H,2,5,8H2,1,3-4H3/q+1/b14-7+. The molecule has 0 fully saturated rings. The van der Waals surface area contributed by atoms with Gasteiger partial charge in [0.15, 0.2) is 0 Å². The number of halogens is 2. The Hall–Kier alpha value is -2.17. The molecule has 0 bridgehead atoms. The molecule has 120 valence electrons. The van der Waals surface area contributed by atoms with Crippen LogP contribution in [0.25, 0.3) is 6.08 Å². The second-order valence-corrected chi connectivity index (χ2v) is 5.44. The highest BCUT2D eigenvalue weighted by molar-refractivity contribution is 6.41. The average Bonchev–Trinajstić information content (AvgIpc) is 3.07. The van der Waals surface area contributed by atoms with E-state index in [2.05, 4.69) is 6.58 Å². The van der Waals surface area contributed by atoms with E-state index in [1.54, 1.807) is 24.3 Å². The molecule has 1 aromatic heterocycles. The predicted octanol–water partition coefficient (Wildman–Crippen LogP) is 4.34. The Labute approximate surface area is 137 Å². The summed E-state index contributed by atoms with van der Waals surface area (Å²) in [5.74, 6) is 0. The van der Waals surface area contributed by atoms with Crippen LogP contribution in [0.1, 0.15) is 31.7 Å². The first-order chi connectivity index (χ1) is 11.0. The third-order valence-electron chi connectivity index (χ3n) is 4.02. The summed E-state index contributed by atoms with van der Waals surface area (Å²) in [5, 5.41) is 0. The van der Waals surface area contributed by atoms with Crippen LogP contribution in [0.15, 0.2) is 54.3 Å². The lowest BCUT2D eigenvalue weighted by Gasteiger charge is -2.07. The van der Waals surface area contributed by atoms with Crippen LogP contribution in [-0.4, -0.2) is 29.2 Å². The maximum absolute atomic E-state index is 13.4. The van der Waals surface area contributed by atoms with Gasteiger partial charge in [-0.3, -0.25) is 8.63 Å². The highest BCUT2D eigenvalue weighted by Gasteiger charge is 2.25. The number of aromatic nitrogens is 1. The fourth-order valence-corrected chi connectivity index (χ4v) is 2.81. The lowest BCUT2D eigenvalue weighted by Crippen LogP contribution is -2.18. The van der Waals surface area contributed by atoms with Crippen molar-refractivity contribution in [1.29, 1.82) is 0 Å². The molecule has 0 aromatic carbocycles. The quantitative estimate of drug-likeness (QED) is 0.419. The van der Waals surface area contributed by atoms with Crippen LogP contribution in [0.3, 0.4) is 0 Å². The number of hydrogen-bond acceptors (Lipinski definition) is 0. The first kappa shape index (κ1) is 17.2. The molecule has 1 aliphatic rings. The molecule has 0 radical (unpaired) electrons. The van der Waals surface area contributed by atoms with Gasteiger partial charge in [-0.15, -0.1) is 0 Å². The molecule has 0 saturated carbocycles. The molecule has 0 amide bonds.